The average molecular weight is 460 g/mol. The molecule has 3 aliphatic heterocycles. The second-order valence-electron chi connectivity index (χ2n) is 13.2. The fraction of sp³-hybridized carbons (Fsp3) is 0.667. The first-order valence-corrected chi connectivity index (χ1v) is 12.9. The minimum atomic E-state index is -0.207. The Morgan fingerprint density at radius 3 is 2.21 bits per heavy atom. The molecule has 3 fully saturated rings. The van der Waals surface area contributed by atoms with Crippen molar-refractivity contribution >= 4 is 0 Å². The molecule has 2 unspecified atom stereocenters. The summed E-state index contributed by atoms with van der Waals surface area (Å²) in [6.07, 6.45) is 13.2. The number of hydrogen-bond acceptors (Lipinski definition) is 3. The second kappa shape index (κ2) is 8.73. The third kappa shape index (κ3) is 4.63. The number of hydrogen-bond donors (Lipinski definition) is 0. The van der Waals surface area contributed by atoms with E-state index >= 15 is 0 Å². The highest BCUT2D eigenvalue weighted by Gasteiger charge is 2.55. The zero-order valence-corrected chi connectivity index (χ0v) is 22.1. The number of rotatable bonds is 2. The van der Waals surface area contributed by atoms with Crippen molar-refractivity contribution in [2.45, 2.75) is 80.2 Å². The van der Waals surface area contributed by atoms with Gasteiger partial charge in [-0.05, 0) is 91.2 Å². The van der Waals surface area contributed by atoms with Crippen LogP contribution in [0.25, 0.3) is 4.85 Å². The SMILES string of the molecule is [C-]#[N+]/C(C#N)=C1C=C(/C=C/C2CC3C4C(C2)C(C)(C)CCN4CCC3(C)C)OC(C(C)(C)C)=C\1. The smallest absolute Gasteiger partial charge is 0.269 e. The van der Waals surface area contributed by atoms with Gasteiger partial charge in [-0.3, -0.25) is 4.90 Å². The summed E-state index contributed by atoms with van der Waals surface area (Å²) in [6.45, 7) is 26.1. The van der Waals surface area contributed by atoms with Crippen LogP contribution >= 0.6 is 0 Å². The zero-order valence-electron chi connectivity index (χ0n) is 22.1. The van der Waals surface area contributed by atoms with Gasteiger partial charge in [0.2, 0.25) is 0 Å². The number of nitrogens with zero attached hydrogens (tertiary/aromatic N) is 3. The molecule has 182 valence electrons. The maximum atomic E-state index is 9.44. The molecule has 0 bridgehead atoms. The monoisotopic (exact) mass is 459 g/mol. The minimum absolute atomic E-state index is 0.115. The highest BCUT2D eigenvalue weighted by Crippen LogP contribution is 2.57. The van der Waals surface area contributed by atoms with E-state index in [4.69, 9.17) is 11.3 Å². The van der Waals surface area contributed by atoms with Crippen LogP contribution in [0.3, 0.4) is 0 Å². The molecular formula is C30H41N3O. The minimum Gasteiger partial charge on any atom is -0.461 e. The predicted octanol–water partition coefficient (Wildman–Crippen LogP) is 7.26. The molecule has 4 heteroatoms. The Bertz CT molecular complexity index is 988. The molecule has 0 aromatic rings. The summed E-state index contributed by atoms with van der Waals surface area (Å²) < 4.78 is 6.26. The lowest BCUT2D eigenvalue weighted by Crippen LogP contribution is -2.64. The summed E-state index contributed by atoms with van der Waals surface area (Å²) in [5.41, 5.74) is 1.30. The van der Waals surface area contributed by atoms with E-state index in [1.54, 1.807) is 0 Å². The van der Waals surface area contributed by atoms with Crippen molar-refractivity contribution in [3.63, 3.8) is 0 Å². The van der Waals surface area contributed by atoms with Gasteiger partial charge in [0.15, 0.2) is 0 Å². The van der Waals surface area contributed by atoms with E-state index in [-0.39, 0.29) is 11.1 Å². The largest absolute Gasteiger partial charge is 0.461 e. The fourth-order valence-corrected chi connectivity index (χ4v) is 6.68. The number of nitriles is 1. The number of allylic oxidation sites excluding steroid dienone is 7. The molecule has 0 aromatic heterocycles. The van der Waals surface area contributed by atoms with E-state index in [1.165, 1.54) is 38.8 Å². The van der Waals surface area contributed by atoms with Gasteiger partial charge < -0.3 is 4.74 Å². The number of ether oxygens (including phenoxy) is 1. The summed E-state index contributed by atoms with van der Waals surface area (Å²) in [5.74, 6) is 3.46. The highest BCUT2D eigenvalue weighted by molar-refractivity contribution is 5.50. The lowest BCUT2D eigenvalue weighted by molar-refractivity contribution is -0.123. The average Bonchev–Trinajstić information content (AvgIpc) is 2.76. The summed E-state index contributed by atoms with van der Waals surface area (Å²) in [4.78, 5) is 6.25. The van der Waals surface area contributed by atoms with E-state index < -0.39 is 0 Å². The van der Waals surface area contributed by atoms with Crippen molar-refractivity contribution in [1.82, 2.24) is 4.90 Å². The molecule has 4 rings (SSSR count). The number of piperidine rings is 2. The van der Waals surface area contributed by atoms with Gasteiger partial charge in [0.25, 0.3) is 5.70 Å². The van der Waals surface area contributed by atoms with Crippen molar-refractivity contribution in [1.29, 1.82) is 5.26 Å². The summed E-state index contributed by atoms with van der Waals surface area (Å²) in [5, 5.41) is 9.44. The van der Waals surface area contributed by atoms with Crippen molar-refractivity contribution in [2.24, 2.45) is 34.0 Å². The van der Waals surface area contributed by atoms with E-state index in [2.05, 4.69) is 70.4 Å². The lowest BCUT2D eigenvalue weighted by atomic mass is 9.52. The van der Waals surface area contributed by atoms with Crippen LogP contribution in [0, 0.1) is 51.9 Å². The molecule has 0 amide bonds. The Morgan fingerprint density at radius 2 is 1.71 bits per heavy atom. The van der Waals surface area contributed by atoms with Gasteiger partial charge in [-0.25, -0.2) is 10.1 Å². The molecular weight excluding hydrogens is 418 g/mol. The first kappa shape index (κ1) is 24.8. The molecule has 4 aliphatic rings. The third-order valence-corrected chi connectivity index (χ3v) is 9.03. The molecule has 34 heavy (non-hydrogen) atoms. The molecule has 2 saturated heterocycles. The summed E-state index contributed by atoms with van der Waals surface area (Å²) in [6, 6.07) is 2.76. The predicted molar refractivity (Wildman–Crippen MR) is 137 cm³/mol. The van der Waals surface area contributed by atoms with Gasteiger partial charge in [0, 0.05) is 11.5 Å². The molecule has 1 aliphatic carbocycles. The molecule has 4 nitrogen and oxygen atoms in total. The van der Waals surface area contributed by atoms with E-state index in [1.807, 2.05) is 18.2 Å². The van der Waals surface area contributed by atoms with Crippen LogP contribution in [0.5, 0.6) is 0 Å². The van der Waals surface area contributed by atoms with Crippen LogP contribution in [-0.4, -0.2) is 24.0 Å². The van der Waals surface area contributed by atoms with Crippen molar-refractivity contribution < 1.29 is 4.74 Å². The Morgan fingerprint density at radius 1 is 1.12 bits per heavy atom. The van der Waals surface area contributed by atoms with Gasteiger partial charge in [0.05, 0.1) is 12.6 Å². The Hall–Kier alpha value is -2.30. The van der Waals surface area contributed by atoms with Crippen LogP contribution < -0.4 is 0 Å². The Kier molecular flexibility index (Phi) is 6.37. The molecule has 0 spiro atoms. The first-order valence-electron chi connectivity index (χ1n) is 12.9. The van der Waals surface area contributed by atoms with Gasteiger partial charge in [-0.15, -0.1) is 0 Å². The van der Waals surface area contributed by atoms with Crippen LogP contribution in [0.4, 0.5) is 0 Å². The highest BCUT2D eigenvalue weighted by atomic mass is 16.5. The summed E-state index contributed by atoms with van der Waals surface area (Å²) >= 11 is 0. The quantitative estimate of drug-likeness (QED) is 0.322. The van der Waals surface area contributed by atoms with E-state index in [0.717, 1.165) is 11.5 Å². The Labute approximate surface area is 206 Å². The van der Waals surface area contributed by atoms with E-state index in [0.29, 0.717) is 40.2 Å². The maximum Gasteiger partial charge on any atom is 0.269 e. The van der Waals surface area contributed by atoms with E-state index in [9.17, 15) is 5.26 Å². The van der Waals surface area contributed by atoms with Gasteiger partial charge in [-0.1, -0.05) is 54.5 Å². The molecule has 0 radical (unpaired) electrons. The Balaban J connectivity index is 1.63. The molecule has 0 aromatic carbocycles. The molecule has 1 saturated carbocycles. The van der Waals surface area contributed by atoms with Gasteiger partial charge >= 0.3 is 0 Å². The van der Waals surface area contributed by atoms with Crippen molar-refractivity contribution in [2.75, 3.05) is 13.1 Å². The first-order chi connectivity index (χ1) is 15.9. The van der Waals surface area contributed by atoms with Gasteiger partial charge in [-0.2, -0.15) is 0 Å². The van der Waals surface area contributed by atoms with Gasteiger partial charge in [0.1, 0.15) is 11.5 Å². The van der Waals surface area contributed by atoms with Crippen molar-refractivity contribution in [3.05, 3.63) is 58.5 Å². The van der Waals surface area contributed by atoms with Crippen LogP contribution in [0.2, 0.25) is 0 Å². The summed E-state index contributed by atoms with van der Waals surface area (Å²) in [7, 11) is 0. The molecule has 3 heterocycles. The van der Waals surface area contributed by atoms with Crippen LogP contribution in [0.15, 0.2) is 47.1 Å². The second-order valence-corrected chi connectivity index (χ2v) is 13.2. The zero-order chi connectivity index (χ0) is 24.9. The van der Waals surface area contributed by atoms with Crippen LogP contribution in [-0.2, 0) is 4.74 Å². The normalized spacial score (nSPS) is 34.1. The maximum absolute atomic E-state index is 9.44. The standard InChI is InChI=1S/C30H41N3O/c1-28(2,3)26-18-21(25(19-31)32-8)17-22(34-26)10-9-20-15-23-27-24(16-20)30(6,7)12-14-33(27)13-11-29(23,4)5/h9-10,17-18,20,23-24,27H,11-16H2,1-7H3/b10-9+,25-21+. The molecule has 0 N–H and O–H groups in total. The lowest BCUT2D eigenvalue weighted by Gasteiger charge is -2.62. The topological polar surface area (TPSA) is 40.6 Å². The fourth-order valence-electron chi connectivity index (χ4n) is 6.68. The van der Waals surface area contributed by atoms with Crippen molar-refractivity contribution in [3.8, 4) is 6.07 Å². The van der Waals surface area contributed by atoms with Crippen LogP contribution in [0.1, 0.15) is 74.1 Å². The molecule has 2 atom stereocenters. The third-order valence-electron chi connectivity index (χ3n) is 9.03.